The molecule has 0 aliphatic carbocycles. The van der Waals surface area contributed by atoms with Gasteiger partial charge in [0, 0.05) is 13.0 Å². The van der Waals surface area contributed by atoms with Gasteiger partial charge in [0.1, 0.15) is 24.2 Å². The summed E-state index contributed by atoms with van der Waals surface area (Å²) in [6.45, 7) is 2.83. The molecule has 1 heterocycles. The fourth-order valence-corrected chi connectivity index (χ4v) is 3.66. The summed E-state index contributed by atoms with van der Waals surface area (Å²) in [4.78, 5) is 51.1. The van der Waals surface area contributed by atoms with E-state index in [-0.39, 0.29) is 13.0 Å². The van der Waals surface area contributed by atoms with Crippen LogP contribution in [0.2, 0.25) is 0 Å². The van der Waals surface area contributed by atoms with Gasteiger partial charge in [0.2, 0.25) is 17.7 Å². The van der Waals surface area contributed by atoms with Crippen molar-refractivity contribution in [2.45, 2.75) is 69.5 Å². The SMILES string of the molecule is CC(O)C(N)C(=O)NC(C(=O)N1CCCC1C(=O)NC(Cc1ccccc1)C(=O)O)C(C)O. The molecule has 0 spiro atoms. The second-order valence-corrected chi connectivity index (χ2v) is 8.27. The fraction of sp³-hybridized carbons (Fsp3) is 0.545. The lowest BCUT2D eigenvalue weighted by molar-refractivity contribution is -0.146. The van der Waals surface area contributed by atoms with Gasteiger partial charge in [0.05, 0.1) is 12.2 Å². The summed E-state index contributed by atoms with van der Waals surface area (Å²) in [6.07, 6.45) is -1.59. The largest absolute Gasteiger partial charge is 0.480 e. The van der Waals surface area contributed by atoms with Gasteiger partial charge >= 0.3 is 5.97 Å². The van der Waals surface area contributed by atoms with Gasteiger partial charge in [-0.1, -0.05) is 30.3 Å². The average Bonchev–Trinajstić information content (AvgIpc) is 3.26. The van der Waals surface area contributed by atoms with E-state index in [0.29, 0.717) is 12.8 Å². The summed E-state index contributed by atoms with van der Waals surface area (Å²) in [6, 6.07) is 4.02. The minimum Gasteiger partial charge on any atom is -0.480 e. The third kappa shape index (κ3) is 6.98. The molecule has 0 radical (unpaired) electrons. The molecule has 33 heavy (non-hydrogen) atoms. The molecule has 2 rings (SSSR count). The predicted molar refractivity (Wildman–Crippen MR) is 118 cm³/mol. The number of amides is 3. The van der Waals surface area contributed by atoms with E-state index >= 15 is 0 Å². The summed E-state index contributed by atoms with van der Waals surface area (Å²) in [5.41, 5.74) is 6.33. The highest BCUT2D eigenvalue weighted by Gasteiger charge is 2.40. The van der Waals surface area contributed by atoms with Gasteiger partial charge in [0.25, 0.3) is 0 Å². The topological polar surface area (TPSA) is 182 Å². The van der Waals surface area contributed by atoms with Crippen LogP contribution >= 0.6 is 0 Å². The number of aliphatic carboxylic acids is 1. The molecule has 0 aromatic heterocycles. The second kappa shape index (κ2) is 11.7. The van der Waals surface area contributed by atoms with Gasteiger partial charge in [-0.05, 0) is 32.3 Å². The zero-order valence-corrected chi connectivity index (χ0v) is 18.7. The molecule has 7 N–H and O–H groups in total. The van der Waals surface area contributed by atoms with Crippen molar-refractivity contribution >= 4 is 23.7 Å². The normalized spacial score (nSPS) is 20.3. The highest BCUT2D eigenvalue weighted by Crippen LogP contribution is 2.20. The third-order valence-corrected chi connectivity index (χ3v) is 5.60. The Labute approximate surface area is 191 Å². The Bertz CT molecular complexity index is 846. The van der Waals surface area contributed by atoms with Crippen molar-refractivity contribution in [2.75, 3.05) is 6.54 Å². The Morgan fingerprint density at radius 3 is 2.27 bits per heavy atom. The smallest absolute Gasteiger partial charge is 0.326 e. The Hall–Kier alpha value is -3.02. The number of aliphatic hydroxyl groups excluding tert-OH is 2. The van der Waals surface area contributed by atoms with Crippen LogP contribution in [0.4, 0.5) is 0 Å². The second-order valence-electron chi connectivity index (χ2n) is 8.27. The molecule has 1 aromatic rings. The fourth-order valence-electron chi connectivity index (χ4n) is 3.66. The first-order chi connectivity index (χ1) is 15.5. The number of carboxylic acid groups (broad SMARTS) is 1. The maximum absolute atomic E-state index is 13.1. The summed E-state index contributed by atoms with van der Waals surface area (Å²) in [7, 11) is 0. The number of carbonyl (C=O) groups excluding carboxylic acids is 3. The number of rotatable bonds is 10. The van der Waals surface area contributed by atoms with E-state index in [9.17, 15) is 34.5 Å². The number of likely N-dealkylation sites (tertiary alicyclic amines) is 1. The van der Waals surface area contributed by atoms with Crippen LogP contribution in [0.25, 0.3) is 0 Å². The number of aliphatic hydroxyl groups is 2. The van der Waals surface area contributed by atoms with E-state index in [0.717, 1.165) is 5.56 Å². The van der Waals surface area contributed by atoms with Crippen molar-refractivity contribution < 1.29 is 34.5 Å². The molecular weight excluding hydrogens is 432 g/mol. The first-order valence-electron chi connectivity index (χ1n) is 10.8. The summed E-state index contributed by atoms with van der Waals surface area (Å²) in [5.74, 6) is -3.34. The first-order valence-corrected chi connectivity index (χ1v) is 10.8. The molecule has 1 aliphatic rings. The van der Waals surface area contributed by atoms with Crippen molar-refractivity contribution in [2.24, 2.45) is 5.73 Å². The van der Waals surface area contributed by atoms with Crippen molar-refractivity contribution in [3.8, 4) is 0 Å². The Balaban J connectivity index is 2.11. The first kappa shape index (κ1) is 26.2. The standard InChI is InChI=1S/C22H32N4O7/c1-12(27)17(23)20(30)25-18(13(2)28)21(31)26-10-6-9-16(26)19(29)24-15(22(32)33)11-14-7-4-3-5-8-14/h3-5,7-8,12-13,15-18,27-28H,6,9-11,23H2,1-2H3,(H,24,29)(H,25,30)(H,32,33). The number of hydrogen-bond acceptors (Lipinski definition) is 7. The van der Waals surface area contributed by atoms with Crippen LogP contribution in [-0.2, 0) is 25.6 Å². The minimum absolute atomic E-state index is 0.0756. The van der Waals surface area contributed by atoms with Gasteiger partial charge in [-0.3, -0.25) is 14.4 Å². The van der Waals surface area contributed by atoms with Crippen LogP contribution in [0, 0.1) is 0 Å². The Kier molecular flexibility index (Phi) is 9.32. The van der Waals surface area contributed by atoms with Crippen LogP contribution in [0.1, 0.15) is 32.3 Å². The molecule has 0 bridgehead atoms. The molecule has 6 unspecified atom stereocenters. The molecule has 1 aromatic carbocycles. The molecule has 182 valence electrons. The van der Waals surface area contributed by atoms with Gasteiger partial charge < -0.3 is 36.6 Å². The quantitative estimate of drug-likeness (QED) is 0.238. The lowest BCUT2D eigenvalue weighted by Gasteiger charge is -2.31. The molecule has 1 aliphatic heterocycles. The predicted octanol–water partition coefficient (Wildman–Crippen LogP) is -1.64. The van der Waals surface area contributed by atoms with E-state index in [4.69, 9.17) is 5.73 Å². The van der Waals surface area contributed by atoms with Crippen LogP contribution in [0.3, 0.4) is 0 Å². The lowest BCUT2D eigenvalue weighted by Crippen LogP contribution is -2.60. The van der Waals surface area contributed by atoms with Crippen LogP contribution in [-0.4, -0.2) is 86.8 Å². The Morgan fingerprint density at radius 1 is 1.09 bits per heavy atom. The summed E-state index contributed by atoms with van der Waals surface area (Å²) < 4.78 is 0. The van der Waals surface area contributed by atoms with Crippen molar-refractivity contribution in [3.05, 3.63) is 35.9 Å². The summed E-state index contributed by atoms with van der Waals surface area (Å²) in [5, 5.41) is 34.0. The number of hydrogen-bond donors (Lipinski definition) is 6. The number of benzene rings is 1. The number of nitrogens with two attached hydrogens (primary N) is 1. The molecule has 11 nitrogen and oxygen atoms in total. The van der Waals surface area contributed by atoms with Crippen molar-refractivity contribution in [1.29, 1.82) is 0 Å². The van der Waals surface area contributed by atoms with E-state index in [2.05, 4.69) is 10.6 Å². The highest BCUT2D eigenvalue weighted by atomic mass is 16.4. The van der Waals surface area contributed by atoms with Crippen molar-refractivity contribution in [3.63, 3.8) is 0 Å². The zero-order chi connectivity index (χ0) is 24.7. The maximum atomic E-state index is 13.1. The average molecular weight is 465 g/mol. The maximum Gasteiger partial charge on any atom is 0.326 e. The van der Waals surface area contributed by atoms with E-state index < -0.39 is 60.1 Å². The number of carboxylic acids is 1. The van der Waals surface area contributed by atoms with Gasteiger partial charge in [-0.15, -0.1) is 0 Å². The van der Waals surface area contributed by atoms with Crippen LogP contribution in [0.15, 0.2) is 30.3 Å². The molecule has 3 amide bonds. The van der Waals surface area contributed by atoms with E-state index in [1.165, 1.54) is 18.7 Å². The zero-order valence-electron chi connectivity index (χ0n) is 18.7. The van der Waals surface area contributed by atoms with Crippen LogP contribution in [0.5, 0.6) is 0 Å². The van der Waals surface area contributed by atoms with Gasteiger partial charge in [-0.2, -0.15) is 0 Å². The third-order valence-electron chi connectivity index (χ3n) is 5.60. The van der Waals surface area contributed by atoms with Gasteiger partial charge in [-0.25, -0.2) is 4.79 Å². The van der Waals surface area contributed by atoms with Crippen LogP contribution < -0.4 is 16.4 Å². The summed E-state index contributed by atoms with van der Waals surface area (Å²) >= 11 is 0. The molecule has 0 saturated carbocycles. The van der Waals surface area contributed by atoms with E-state index in [1.807, 2.05) is 0 Å². The molecule has 1 fully saturated rings. The lowest BCUT2D eigenvalue weighted by atomic mass is 10.0. The Morgan fingerprint density at radius 2 is 1.73 bits per heavy atom. The highest BCUT2D eigenvalue weighted by molar-refractivity contribution is 5.95. The number of nitrogens with zero attached hydrogens (tertiary/aromatic N) is 1. The monoisotopic (exact) mass is 464 g/mol. The molecule has 1 saturated heterocycles. The number of nitrogens with one attached hydrogen (secondary N) is 2. The minimum atomic E-state index is -1.38. The van der Waals surface area contributed by atoms with Crippen molar-refractivity contribution in [1.82, 2.24) is 15.5 Å². The number of carbonyl (C=O) groups is 4. The van der Waals surface area contributed by atoms with Gasteiger partial charge in [0.15, 0.2) is 0 Å². The molecule has 6 atom stereocenters. The molecule has 11 heteroatoms. The molecular formula is C22H32N4O7. The van der Waals surface area contributed by atoms with E-state index in [1.54, 1.807) is 30.3 Å².